The van der Waals surface area contributed by atoms with Gasteiger partial charge in [0.1, 0.15) is 12.8 Å². The minimum Gasteiger partial charge on any atom is -0.351 e. The topological polar surface area (TPSA) is 68.1 Å². The van der Waals surface area contributed by atoms with Crippen molar-refractivity contribution in [1.29, 1.82) is 0 Å². The van der Waals surface area contributed by atoms with Gasteiger partial charge in [0.25, 0.3) is 0 Å². The van der Waals surface area contributed by atoms with Crippen LogP contribution in [0.3, 0.4) is 0 Å². The fourth-order valence-electron chi connectivity index (χ4n) is 1.09. The second kappa shape index (κ2) is 4.62. The van der Waals surface area contributed by atoms with Gasteiger partial charge in [0.2, 0.25) is 0 Å². The first kappa shape index (κ1) is 9.74. The van der Waals surface area contributed by atoms with Crippen LogP contribution in [0.25, 0.3) is 0 Å². The van der Waals surface area contributed by atoms with Crippen molar-refractivity contribution in [1.82, 2.24) is 0 Å². The highest BCUT2D eigenvalue weighted by molar-refractivity contribution is 7.32. The van der Waals surface area contributed by atoms with Gasteiger partial charge in [0.15, 0.2) is 0 Å². The summed E-state index contributed by atoms with van der Waals surface area (Å²) in [5.41, 5.74) is 0. The van der Waals surface area contributed by atoms with Crippen LogP contribution in [0.4, 0.5) is 0 Å². The lowest BCUT2D eigenvalue weighted by Crippen LogP contribution is -2.14. The molecule has 1 unspecified atom stereocenters. The first-order valence-corrected chi connectivity index (χ1v) is 4.75. The molecule has 0 aromatic carbocycles. The lowest BCUT2D eigenvalue weighted by molar-refractivity contribution is 0.0220. The molecule has 1 saturated heterocycles. The minimum atomic E-state index is -2.51. The summed E-state index contributed by atoms with van der Waals surface area (Å²) < 4.78 is 19.9. The maximum atomic E-state index is 10.1. The standard InChI is InChI=1S/C6H10NO4P/c1-7-6-3-2-5(11-6)4-10-12(8)9/h5-6H,1-4H2/p+1/t5-,6+/m0/s1. The third-order valence-corrected chi connectivity index (χ3v) is 2.03. The van der Waals surface area contributed by atoms with Crippen LogP contribution < -0.4 is 0 Å². The molecule has 0 bridgehead atoms. The Hall–Kier alpha value is -0.350. The van der Waals surface area contributed by atoms with Crippen molar-refractivity contribution in [2.24, 2.45) is 4.99 Å². The van der Waals surface area contributed by atoms with E-state index in [0.717, 1.165) is 12.8 Å². The average Bonchev–Trinajstić information content (AvgIpc) is 2.48. The molecule has 0 aromatic heterocycles. The van der Waals surface area contributed by atoms with Gasteiger partial charge in [-0.3, -0.25) is 4.99 Å². The Labute approximate surface area is 71.4 Å². The highest BCUT2D eigenvalue weighted by Gasteiger charge is 2.27. The van der Waals surface area contributed by atoms with E-state index in [1.807, 2.05) is 0 Å². The largest absolute Gasteiger partial charge is 0.694 e. The molecule has 1 fully saturated rings. The van der Waals surface area contributed by atoms with Crippen molar-refractivity contribution >= 4 is 15.0 Å². The average molecular weight is 192 g/mol. The van der Waals surface area contributed by atoms with Crippen LogP contribution in [0, 0.1) is 0 Å². The van der Waals surface area contributed by atoms with E-state index in [1.165, 1.54) is 0 Å². The van der Waals surface area contributed by atoms with E-state index in [2.05, 4.69) is 16.2 Å². The van der Waals surface area contributed by atoms with Crippen molar-refractivity contribution in [3.63, 3.8) is 0 Å². The molecule has 0 saturated carbocycles. The normalized spacial score (nSPS) is 30.2. The zero-order chi connectivity index (χ0) is 8.97. The molecule has 1 aliphatic heterocycles. The first-order chi connectivity index (χ1) is 5.72. The Morgan fingerprint density at radius 2 is 2.50 bits per heavy atom. The number of hydrogen-bond donors (Lipinski definition) is 1. The van der Waals surface area contributed by atoms with Crippen molar-refractivity contribution in [3.8, 4) is 0 Å². The Bertz CT molecular complexity index is 186. The molecule has 0 aromatic rings. The molecule has 0 aliphatic carbocycles. The molecule has 68 valence electrons. The number of hydrogen-bond acceptors (Lipinski definition) is 4. The molecular weight excluding hydrogens is 181 g/mol. The molecule has 6 heteroatoms. The van der Waals surface area contributed by atoms with E-state index < -0.39 is 8.25 Å². The molecule has 3 atom stereocenters. The van der Waals surface area contributed by atoms with Gasteiger partial charge in [-0.25, -0.2) is 0 Å². The van der Waals surface area contributed by atoms with Gasteiger partial charge in [-0.15, -0.1) is 9.42 Å². The van der Waals surface area contributed by atoms with Crippen molar-refractivity contribution in [3.05, 3.63) is 0 Å². The maximum Gasteiger partial charge on any atom is 0.694 e. The zero-order valence-electron chi connectivity index (χ0n) is 6.55. The van der Waals surface area contributed by atoms with Gasteiger partial charge in [-0.05, 0) is 19.6 Å². The van der Waals surface area contributed by atoms with Crippen LogP contribution in [0.2, 0.25) is 0 Å². The van der Waals surface area contributed by atoms with Gasteiger partial charge >= 0.3 is 8.25 Å². The summed E-state index contributed by atoms with van der Waals surface area (Å²) in [5, 5.41) is 0. The minimum absolute atomic E-state index is 0.119. The summed E-state index contributed by atoms with van der Waals surface area (Å²) in [7, 11) is -2.51. The molecular formula is C6H11NO4P+. The Balaban J connectivity index is 2.19. The zero-order valence-corrected chi connectivity index (χ0v) is 7.44. The second-order valence-corrected chi connectivity index (χ2v) is 3.24. The second-order valence-electron chi connectivity index (χ2n) is 2.51. The van der Waals surface area contributed by atoms with E-state index in [0.29, 0.717) is 0 Å². The number of ether oxygens (including phenoxy) is 1. The molecule has 1 aliphatic rings. The van der Waals surface area contributed by atoms with Gasteiger partial charge in [0, 0.05) is 4.57 Å². The predicted molar refractivity (Wildman–Crippen MR) is 43.2 cm³/mol. The maximum absolute atomic E-state index is 10.1. The van der Waals surface area contributed by atoms with E-state index in [9.17, 15) is 4.57 Å². The lowest BCUT2D eigenvalue weighted by Gasteiger charge is -2.05. The Morgan fingerprint density at radius 1 is 1.75 bits per heavy atom. The molecule has 5 nitrogen and oxygen atoms in total. The smallest absolute Gasteiger partial charge is 0.351 e. The van der Waals surface area contributed by atoms with E-state index in [-0.39, 0.29) is 18.9 Å². The Morgan fingerprint density at radius 3 is 3.00 bits per heavy atom. The lowest BCUT2D eigenvalue weighted by atomic mass is 10.2. The third kappa shape index (κ3) is 2.95. The van der Waals surface area contributed by atoms with Gasteiger partial charge in [-0.1, -0.05) is 0 Å². The molecule has 1 heterocycles. The van der Waals surface area contributed by atoms with Gasteiger partial charge in [0.05, 0.1) is 6.10 Å². The number of nitrogens with zero attached hydrogens (tertiary/aromatic N) is 1. The Kier molecular flexibility index (Phi) is 3.75. The van der Waals surface area contributed by atoms with E-state index >= 15 is 0 Å². The van der Waals surface area contributed by atoms with Crippen LogP contribution in [0.1, 0.15) is 12.8 Å². The van der Waals surface area contributed by atoms with E-state index in [4.69, 9.17) is 9.63 Å². The summed E-state index contributed by atoms with van der Waals surface area (Å²) in [6.07, 6.45) is 1.31. The SMILES string of the molecule is C=N[C@H]1CC[C@@H](CO[P+](=O)O)O1. The highest BCUT2D eigenvalue weighted by atomic mass is 31.1. The van der Waals surface area contributed by atoms with Crippen molar-refractivity contribution in [2.75, 3.05) is 6.61 Å². The van der Waals surface area contributed by atoms with Crippen LogP contribution in [0.15, 0.2) is 4.99 Å². The van der Waals surface area contributed by atoms with E-state index in [1.54, 1.807) is 0 Å². The number of rotatable bonds is 4. The van der Waals surface area contributed by atoms with Crippen molar-refractivity contribution in [2.45, 2.75) is 25.2 Å². The quantitative estimate of drug-likeness (QED) is 0.529. The van der Waals surface area contributed by atoms with Gasteiger partial charge in [-0.2, -0.15) is 0 Å². The monoisotopic (exact) mass is 192 g/mol. The van der Waals surface area contributed by atoms with Crippen LogP contribution >= 0.6 is 8.25 Å². The molecule has 0 radical (unpaired) electrons. The summed E-state index contributed by atoms with van der Waals surface area (Å²) in [4.78, 5) is 12.0. The first-order valence-electron chi connectivity index (χ1n) is 3.62. The third-order valence-electron chi connectivity index (χ3n) is 1.66. The van der Waals surface area contributed by atoms with Crippen molar-refractivity contribution < 1.29 is 18.7 Å². The van der Waals surface area contributed by atoms with Crippen LogP contribution in [0.5, 0.6) is 0 Å². The molecule has 12 heavy (non-hydrogen) atoms. The fraction of sp³-hybridized carbons (Fsp3) is 0.833. The fourth-order valence-corrected chi connectivity index (χ4v) is 1.38. The number of aliphatic imine (C=N–C) groups is 1. The molecule has 0 spiro atoms. The summed E-state index contributed by atoms with van der Waals surface area (Å²) in [6, 6.07) is 0. The summed E-state index contributed by atoms with van der Waals surface area (Å²) in [6.45, 7) is 3.50. The van der Waals surface area contributed by atoms with Crippen LogP contribution in [-0.2, 0) is 13.8 Å². The molecule has 1 rings (SSSR count). The summed E-state index contributed by atoms with van der Waals surface area (Å²) in [5.74, 6) is 0. The van der Waals surface area contributed by atoms with Gasteiger partial charge < -0.3 is 4.74 Å². The summed E-state index contributed by atoms with van der Waals surface area (Å²) >= 11 is 0. The van der Waals surface area contributed by atoms with Crippen LogP contribution in [-0.4, -0.2) is 30.5 Å². The molecule has 0 amide bonds. The highest BCUT2D eigenvalue weighted by Crippen LogP contribution is 2.23. The predicted octanol–water partition coefficient (Wildman–Crippen LogP) is 0.858. The molecule has 1 N–H and O–H groups in total.